The number of amides is 3. The van der Waals surface area contributed by atoms with Crippen LogP contribution in [-0.4, -0.2) is 37.9 Å². The minimum absolute atomic E-state index is 0.0430. The summed E-state index contributed by atoms with van der Waals surface area (Å²) in [5.74, 6) is -0.474. The topological polar surface area (TPSA) is 90.5 Å². The molecule has 0 aliphatic carbocycles. The predicted molar refractivity (Wildman–Crippen MR) is 125 cm³/mol. The fraction of sp³-hybridized carbons (Fsp3) is 0.160. The lowest BCUT2D eigenvalue weighted by atomic mass is 10.1. The number of hydrogen-bond donors (Lipinski definition) is 3. The average molecular weight is 428 g/mol. The maximum Gasteiger partial charge on any atom is 0.258 e. The second kappa shape index (κ2) is 9.34. The Morgan fingerprint density at radius 2 is 1.66 bits per heavy atom. The Bertz CT molecular complexity index is 1160. The van der Waals surface area contributed by atoms with E-state index in [9.17, 15) is 14.4 Å². The highest BCUT2D eigenvalue weighted by Gasteiger charge is 2.25. The molecule has 3 aromatic rings. The van der Waals surface area contributed by atoms with Gasteiger partial charge in [0.15, 0.2) is 0 Å². The van der Waals surface area contributed by atoms with Crippen molar-refractivity contribution in [2.24, 2.45) is 0 Å². The van der Waals surface area contributed by atoms with Gasteiger partial charge < -0.3 is 20.9 Å². The molecule has 162 valence electrons. The molecule has 0 fully saturated rings. The number of carbonyl (C=O) groups excluding carboxylic acids is 3. The first-order valence-corrected chi connectivity index (χ1v) is 10.4. The first-order valence-electron chi connectivity index (χ1n) is 10.4. The van der Waals surface area contributed by atoms with Crippen LogP contribution in [0, 0.1) is 0 Å². The lowest BCUT2D eigenvalue weighted by Gasteiger charge is -2.18. The Hall–Kier alpha value is -4.13. The molecule has 0 spiro atoms. The third-order valence-electron chi connectivity index (χ3n) is 5.35. The molecule has 0 atom stereocenters. The van der Waals surface area contributed by atoms with Crippen LogP contribution in [-0.2, 0) is 11.2 Å². The van der Waals surface area contributed by atoms with E-state index in [2.05, 4.69) is 16.0 Å². The first-order chi connectivity index (χ1) is 15.5. The fourth-order valence-corrected chi connectivity index (χ4v) is 3.70. The first kappa shape index (κ1) is 21.1. The number of nitrogens with zero attached hydrogens (tertiary/aromatic N) is 1. The van der Waals surface area contributed by atoms with Crippen LogP contribution >= 0.6 is 0 Å². The predicted octanol–water partition coefficient (Wildman–Crippen LogP) is 3.30. The zero-order valence-corrected chi connectivity index (χ0v) is 17.7. The quantitative estimate of drug-likeness (QED) is 0.562. The van der Waals surface area contributed by atoms with Crippen LogP contribution in [0.25, 0.3) is 0 Å². The zero-order chi connectivity index (χ0) is 22.5. The highest BCUT2D eigenvalue weighted by Crippen LogP contribution is 2.29. The van der Waals surface area contributed by atoms with Gasteiger partial charge in [-0.15, -0.1) is 0 Å². The van der Waals surface area contributed by atoms with E-state index >= 15 is 0 Å². The van der Waals surface area contributed by atoms with E-state index in [1.54, 1.807) is 54.4 Å². The van der Waals surface area contributed by atoms with E-state index in [0.717, 1.165) is 12.1 Å². The molecule has 4 rings (SSSR count). The van der Waals surface area contributed by atoms with Crippen molar-refractivity contribution >= 4 is 34.8 Å². The minimum atomic E-state index is -0.233. The van der Waals surface area contributed by atoms with E-state index in [-0.39, 0.29) is 24.3 Å². The molecule has 0 unspecified atom stereocenters. The van der Waals surface area contributed by atoms with Crippen molar-refractivity contribution in [1.82, 2.24) is 5.32 Å². The Morgan fingerprint density at radius 1 is 0.875 bits per heavy atom. The Labute approximate surface area is 186 Å². The number of carbonyl (C=O) groups is 3. The van der Waals surface area contributed by atoms with Crippen molar-refractivity contribution in [2.45, 2.75) is 6.42 Å². The van der Waals surface area contributed by atoms with E-state index in [1.807, 2.05) is 30.3 Å². The summed E-state index contributed by atoms with van der Waals surface area (Å²) in [6.45, 7) is 0.707. The van der Waals surface area contributed by atoms with Gasteiger partial charge in [-0.1, -0.05) is 24.3 Å². The molecule has 3 amide bonds. The number of fused-ring (bicyclic) bond motifs is 1. The van der Waals surface area contributed by atoms with Crippen molar-refractivity contribution in [3.05, 3.63) is 89.5 Å². The molecule has 7 heteroatoms. The molecule has 1 aliphatic heterocycles. The molecule has 0 radical (unpaired) electrons. The molecule has 0 saturated carbocycles. The lowest BCUT2D eigenvalue weighted by molar-refractivity contribution is -0.114. The number of para-hydroxylation sites is 1. The van der Waals surface area contributed by atoms with Crippen LogP contribution in [0.15, 0.2) is 72.8 Å². The van der Waals surface area contributed by atoms with E-state index in [0.29, 0.717) is 29.0 Å². The second-order valence-electron chi connectivity index (χ2n) is 7.47. The van der Waals surface area contributed by atoms with Crippen LogP contribution in [0.4, 0.5) is 17.1 Å². The molecule has 3 N–H and O–H groups in total. The Kier molecular flexibility index (Phi) is 6.17. The number of benzene rings is 3. The van der Waals surface area contributed by atoms with Crippen LogP contribution in [0.3, 0.4) is 0 Å². The van der Waals surface area contributed by atoms with Crippen molar-refractivity contribution in [1.29, 1.82) is 0 Å². The molecule has 1 heterocycles. The van der Waals surface area contributed by atoms with Crippen LogP contribution < -0.4 is 20.9 Å². The van der Waals surface area contributed by atoms with E-state index < -0.39 is 0 Å². The average Bonchev–Trinajstić information content (AvgIpc) is 3.26. The summed E-state index contributed by atoms with van der Waals surface area (Å²) in [7, 11) is 1.57. The van der Waals surface area contributed by atoms with Crippen molar-refractivity contribution in [2.75, 3.05) is 35.7 Å². The number of anilines is 3. The lowest BCUT2D eigenvalue weighted by Crippen LogP contribution is -2.29. The summed E-state index contributed by atoms with van der Waals surface area (Å²) in [5, 5.41) is 8.39. The summed E-state index contributed by atoms with van der Waals surface area (Å²) >= 11 is 0. The van der Waals surface area contributed by atoms with Gasteiger partial charge in [0.25, 0.3) is 11.8 Å². The fourth-order valence-electron chi connectivity index (χ4n) is 3.70. The maximum atomic E-state index is 13.0. The van der Waals surface area contributed by atoms with Crippen LogP contribution in [0.1, 0.15) is 26.3 Å². The molecule has 0 saturated heterocycles. The Balaban J connectivity index is 1.35. The van der Waals surface area contributed by atoms with Gasteiger partial charge in [-0.05, 0) is 60.5 Å². The highest BCUT2D eigenvalue weighted by molar-refractivity contribution is 6.07. The molecule has 3 aromatic carbocycles. The smallest absolute Gasteiger partial charge is 0.258 e. The SMILES string of the molecule is CNC(=O)c1ccc(NC(=O)CNc2cccc(C(=O)N3CCc4ccccc43)c2)cc1. The normalized spacial score (nSPS) is 12.1. The summed E-state index contributed by atoms with van der Waals surface area (Å²) in [6, 6.07) is 21.7. The number of nitrogens with one attached hydrogen (secondary N) is 3. The van der Waals surface area contributed by atoms with Crippen LogP contribution in [0.5, 0.6) is 0 Å². The molecule has 0 bridgehead atoms. The molecule has 32 heavy (non-hydrogen) atoms. The molecule has 7 nitrogen and oxygen atoms in total. The molecule has 1 aliphatic rings. The van der Waals surface area contributed by atoms with Gasteiger partial charge in [-0.2, -0.15) is 0 Å². The standard InChI is InChI=1S/C25H24N4O3/c1-26-24(31)18-9-11-20(12-10-18)28-23(30)16-27-21-7-4-6-19(15-21)25(32)29-14-13-17-5-2-3-8-22(17)29/h2-12,15,27H,13-14,16H2,1H3,(H,26,31)(H,28,30). The van der Waals surface area contributed by atoms with Crippen molar-refractivity contribution in [3.8, 4) is 0 Å². The van der Waals surface area contributed by atoms with Gasteiger partial charge in [0.1, 0.15) is 0 Å². The van der Waals surface area contributed by atoms with Gasteiger partial charge in [0.05, 0.1) is 6.54 Å². The van der Waals surface area contributed by atoms with Crippen molar-refractivity contribution in [3.63, 3.8) is 0 Å². The number of hydrogen-bond acceptors (Lipinski definition) is 4. The van der Waals surface area contributed by atoms with Gasteiger partial charge in [0.2, 0.25) is 5.91 Å². The Morgan fingerprint density at radius 3 is 2.44 bits per heavy atom. The summed E-state index contributed by atoms with van der Waals surface area (Å²) < 4.78 is 0. The zero-order valence-electron chi connectivity index (χ0n) is 17.7. The largest absolute Gasteiger partial charge is 0.376 e. The third-order valence-corrected chi connectivity index (χ3v) is 5.35. The maximum absolute atomic E-state index is 13.0. The third kappa shape index (κ3) is 4.62. The van der Waals surface area contributed by atoms with Crippen LogP contribution in [0.2, 0.25) is 0 Å². The molecule has 0 aromatic heterocycles. The van der Waals surface area contributed by atoms with Gasteiger partial charge in [-0.25, -0.2) is 0 Å². The number of rotatable bonds is 6. The highest BCUT2D eigenvalue weighted by atomic mass is 16.2. The van der Waals surface area contributed by atoms with Gasteiger partial charge in [0, 0.05) is 41.8 Å². The van der Waals surface area contributed by atoms with E-state index in [1.165, 1.54) is 5.56 Å². The summed E-state index contributed by atoms with van der Waals surface area (Å²) in [6.07, 6.45) is 0.851. The monoisotopic (exact) mass is 428 g/mol. The van der Waals surface area contributed by atoms with E-state index in [4.69, 9.17) is 0 Å². The minimum Gasteiger partial charge on any atom is -0.376 e. The second-order valence-corrected chi connectivity index (χ2v) is 7.47. The summed E-state index contributed by atoms with van der Waals surface area (Å²) in [5.41, 5.74) is 4.50. The van der Waals surface area contributed by atoms with Crippen molar-refractivity contribution < 1.29 is 14.4 Å². The summed E-state index contributed by atoms with van der Waals surface area (Å²) in [4.78, 5) is 38.7. The van der Waals surface area contributed by atoms with Gasteiger partial charge >= 0.3 is 0 Å². The molecular formula is C25H24N4O3. The van der Waals surface area contributed by atoms with Gasteiger partial charge in [-0.3, -0.25) is 14.4 Å². The molecular weight excluding hydrogens is 404 g/mol.